The Kier molecular flexibility index (Phi) is 3.96. The van der Waals surface area contributed by atoms with Crippen LogP contribution in [-0.2, 0) is 6.54 Å². The Balaban J connectivity index is 2.17. The Morgan fingerprint density at radius 1 is 1.16 bits per heavy atom. The molecule has 0 bridgehead atoms. The number of rotatable bonds is 3. The Hall–Kier alpha value is -1.74. The Morgan fingerprint density at radius 2 is 1.79 bits per heavy atom. The molecule has 0 saturated heterocycles. The maximum atomic E-state index is 13.5. The second-order valence-electron chi connectivity index (χ2n) is 4.56. The molecule has 4 heteroatoms. The molecular formula is C15H15ClFNO. The van der Waals surface area contributed by atoms with Crippen LogP contribution in [0.15, 0.2) is 30.3 Å². The zero-order chi connectivity index (χ0) is 14.0. The summed E-state index contributed by atoms with van der Waals surface area (Å²) < 4.78 is 13.5. The topological polar surface area (TPSA) is 32.3 Å². The van der Waals surface area contributed by atoms with E-state index in [4.69, 9.17) is 11.6 Å². The van der Waals surface area contributed by atoms with Crippen LogP contribution in [0.3, 0.4) is 0 Å². The van der Waals surface area contributed by atoms with E-state index in [-0.39, 0.29) is 5.82 Å². The van der Waals surface area contributed by atoms with Crippen LogP contribution in [-0.4, -0.2) is 5.11 Å². The average molecular weight is 280 g/mol. The SMILES string of the molecule is Cc1cc(CNc2cc(Cl)ccc2F)cc(C)c1O. The minimum Gasteiger partial charge on any atom is -0.507 e. The highest BCUT2D eigenvalue weighted by Crippen LogP contribution is 2.24. The van der Waals surface area contributed by atoms with Crippen LogP contribution in [0.4, 0.5) is 10.1 Å². The fraction of sp³-hybridized carbons (Fsp3) is 0.200. The summed E-state index contributed by atoms with van der Waals surface area (Å²) in [7, 11) is 0. The number of anilines is 1. The van der Waals surface area contributed by atoms with Crippen molar-refractivity contribution in [2.45, 2.75) is 20.4 Å². The van der Waals surface area contributed by atoms with Crippen molar-refractivity contribution in [2.24, 2.45) is 0 Å². The maximum absolute atomic E-state index is 13.5. The molecule has 0 aliphatic carbocycles. The Bertz CT molecular complexity index is 590. The third-order valence-corrected chi connectivity index (χ3v) is 3.20. The molecule has 0 aromatic heterocycles. The Morgan fingerprint density at radius 3 is 2.42 bits per heavy atom. The van der Waals surface area contributed by atoms with Gasteiger partial charge in [-0.3, -0.25) is 0 Å². The van der Waals surface area contributed by atoms with Crippen LogP contribution < -0.4 is 5.32 Å². The second kappa shape index (κ2) is 5.49. The summed E-state index contributed by atoms with van der Waals surface area (Å²) in [4.78, 5) is 0. The van der Waals surface area contributed by atoms with Gasteiger partial charge in [0, 0.05) is 11.6 Å². The average Bonchev–Trinajstić information content (AvgIpc) is 2.37. The van der Waals surface area contributed by atoms with Gasteiger partial charge in [-0.25, -0.2) is 4.39 Å². The molecule has 2 aromatic rings. The number of benzene rings is 2. The van der Waals surface area contributed by atoms with Gasteiger partial charge >= 0.3 is 0 Å². The zero-order valence-corrected chi connectivity index (χ0v) is 11.6. The van der Waals surface area contributed by atoms with Gasteiger partial charge in [-0.2, -0.15) is 0 Å². The molecule has 19 heavy (non-hydrogen) atoms. The minimum absolute atomic E-state index is 0.303. The number of nitrogens with one attached hydrogen (secondary N) is 1. The summed E-state index contributed by atoms with van der Waals surface area (Å²) >= 11 is 5.83. The molecule has 0 saturated carbocycles. The van der Waals surface area contributed by atoms with Gasteiger partial charge in [0.25, 0.3) is 0 Å². The van der Waals surface area contributed by atoms with E-state index in [2.05, 4.69) is 5.32 Å². The van der Waals surface area contributed by atoms with Crippen LogP contribution in [0, 0.1) is 19.7 Å². The molecule has 0 unspecified atom stereocenters. The number of hydrogen-bond donors (Lipinski definition) is 2. The lowest BCUT2D eigenvalue weighted by atomic mass is 10.1. The van der Waals surface area contributed by atoms with E-state index in [1.165, 1.54) is 12.1 Å². The smallest absolute Gasteiger partial charge is 0.146 e. The quantitative estimate of drug-likeness (QED) is 0.872. The van der Waals surface area contributed by atoms with Crippen molar-refractivity contribution in [1.82, 2.24) is 0 Å². The lowest BCUT2D eigenvalue weighted by Crippen LogP contribution is -2.02. The fourth-order valence-electron chi connectivity index (χ4n) is 1.98. The molecule has 0 spiro atoms. The highest BCUT2D eigenvalue weighted by Gasteiger charge is 2.05. The molecule has 0 atom stereocenters. The third kappa shape index (κ3) is 3.18. The molecule has 0 aliphatic heterocycles. The molecule has 0 amide bonds. The van der Waals surface area contributed by atoms with Gasteiger partial charge in [0.15, 0.2) is 0 Å². The molecule has 0 fully saturated rings. The van der Waals surface area contributed by atoms with E-state index in [1.54, 1.807) is 6.07 Å². The molecule has 2 aromatic carbocycles. The van der Waals surface area contributed by atoms with Crippen LogP contribution in [0.1, 0.15) is 16.7 Å². The van der Waals surface area contributed by atoms with Crippen molar-refractivity contribution in [1.29, 1.82) is 0 Å². The summed E-state index contributed by atoms with van der Waals surface area (Å²) in [5, 5.41) is 13.2. The lowest BCUT2D eigenvalue weighted by Gasteiger charge is -2.11. The molecule has 0 aliphatic rings. The predicted octanol–water partition coefficient (Wildman–Crippen LogP) is 4.41. The van der Waals surface area contributed by atoms with E-state index in [1.807, 2.05) is 26.0 Å². The van der Waals surface area contributed by atoms with E-state index < -0.39 is 0 Å². The molecule has 2 rings (SSSR count). The number of aromatic hydroxyl groups is 1. The summed E-state index contributed by atoms with van der Waals surface area (Å²) in [5.41, 5.74) is 2.97. The number of halogens is 2. The van der Waals surface area contributed by atoms with Crippen molar-refractivity contribution < 1.29 is 9.50 Å². The zero-order valence-electron chi connectivity index (χ0n) is 10.8. The summed E-state index contributed by atoms with van der Waals surface area (Å²) in [6.45, 7) is 4.15. The highest BCUT2D eigenvalue weighted by molar-refractivity contribution is 6.30. The number of phenols is 1. The van der Waals surface area contributed by atoms with Gasteiger partial charge in [0.05, 0.1) is 5.69 Å². The first kappa shape index (κ1) is 13.7. The highest BCUT2D eigenvalue weighted by atomic mass is 35.5. The van der Waals surface area contributed by atoms with Gasteiger partial charge < -0.3 is 10.4 Å². The Labute approximate surface area is 116 Å². The van der Waals surface area contributed by atoms with Gasteiger partial charge in [-0.05, 0) is 48.7 Å². The number of phenolic OH excluding ortho intramolecular Hbond substituents is 1. The third-order valence-electron chi connectivity index (χ3n) is 2.96. The van der Waals surface area contributed by atoms with Crippen LogP contribution in [0.25, 0.3) is 0 Å². The largest absolute Gasteiger partial charge is 0.507 e. The molecule has 0 radical (unpaired) electrons. The minimum atomic E-state index is -0.336. The molecule has 100 valence electrons. The summed E-state index contributed by atoms with van der Waals surface area (Å²) in [6, 6.07) is 8.14. The lowest BCUT2D eigenvalue weighted by molar-refractivity contribution is 0.466. The van der Waals surface area contributed by atoms with Gasteiger partial charge in [0.2, 0.25) is 0 Å². The normalized spacial score (nSPS) is 10.5. The van der Waals surface area contributed by atoms with Gasteiger partial charge in [-0.1, -0.05) is 23.7 Å². The van der Waals surface area contributed by atoms with E-state index in [0.717, 1.165) is 16.7 Å². The molecule has 2 nitrogen and oxygen atoms in total. The first-order chi connectivity index (χ1) is 8.97. The second-order valence-corrected chi connectivity index (χ2v) is 4.99. The summed E-state index contributed by atoms with van der Waals surface area (Å²) in [5.74, 6) is -0.0330. The van der Waals surface area contributed by atoms with E-state index >= 15 is 0 Å². The molecular weight excluding hydrogens is 265 g/mol. The molecule has 2 N–H and O–H groups in total. The maximum Gasteiger partial charge on any atom is 0.146 e. The van der Waals surface area contributed by atoms with Gasteiger partial charge in [-0.15, -0.1) is 0 Å². The van der Waals surface area contributed by atoms with Crippen molar-refractivity contribution >= 4 is 17.3 Å². The van der Waals surface area contributed by atoms with E-state index in [9.17, 15) is 9.50 Å². The molecule has 0 heterocycles. The fourth-order valence-corrected chi connectivity index (χ4v) is 2.15. The van der Waals surface area contributed by atoms with Crippen molar-refractivity contribution in [3.05, 3.63) is 57.9 Å². The van der Waals surface area contributed by atoms with E-state index in [0.29, 0.717) is 23.0 Å². The first-order valence-electron chi connectivity index (χ1n) is 5.95. The monoisotopic (exact) mass is 279 g/mol. The van der Waals surface area contributed by atoms with Crippen molar-refractivity contribution in [3.63, 3.8) is 0 Å². The first-order valence-corrected chi connectivity index (χ1v) is 6.33. The van der Waals surface area contributed by atoms with Crippen LogP contribution >= 0.6 is 11.6 Å². The predicted molar refractivity (Wildman–Crippen MR) is 76.3 cm³/mol. The summed E-state index contributed by atoms with van der Waals surface area (Å²) in [6.07, 6.45) is 0. The standard InChI is InChI=1S/C15H15ClFNO/c1-9-5-11(6-10(2)15(9)19)8-18-14-7-12(16)3-4-13(14)17/h3-7,18-19H,8H2,1-2H3. The number of aryl methyl sites for hydroxylation is 2. The van der Waals surface area contributed by atoms with Crippen LogP contribution in [0.2, 0.25) is 5.02 Å². The van der Waals surface area contributed by atoms with Gasteiger partial charge in [0.1, 0.15) is 11.6 Å². The van der Waals surface area contributed by atoms with Crippen molar-refractivity contribution in [3.8, 4) is 5.75 Å². The van der Waals surface area contributed by atoms with Crippen molar-refractivity contribution in [2.75, 3.05) is 5.32 Å². The number of hydrogen-bond acceptors (Lipinski definition) is 2. The van der Waals surface area contributed by atoms with Crippen LogP contribution in [0.5, 0.6) is 5.75 Å².